The van der Waals surface area contributed by atoms with Crippen LogP contribution in [0.1, 0.15) is 19.4 Å². The fourth-order valence-electron chi connectivity index (χ4n) is 0.873. The monoisotopic (exact) mass is 190 g/mol. The molecular weight excluding hydrogens is 176 g/mol. The maximum Gasteiger partial charge on any atom is 0.269 e. The summed E-state index contributed by atoms with van der Waals surface area (Å²) in [5.74, 6) is 0. The summed E-state index contributed by atoms with van der Waals surface area (Å²) < 4.78 is 5.50. The second-order valence-electron chi connectivity index (χ2n) is 3.09. The van der Waals surface area contributed by atoms with Gasteiger partial charge in [0.25, 0.3) is 9.76 Å². The van der Waals surface area contributed by atoms with E-state index in [1.54, 1.807) is 0 Å². The molecule has 0 aliphatic carbocycles. The minimum Gasteiger partial charge on any atom is -0.409 e. The molecule has 0 saturated carbocycles. The highest BCUT2D eigenvalue weighted by Gasteiger charge is 1.98. The Morgan fingerprint density at radius 1 is 1.31 bits per heavy atom. The molecule has 1 nitrogen and oxygen atoms in total. The molecule has 0 aromatic heterocycles. The Balaban J connectivity index is 2.54. The van der Waals surface area contributed by atoms with Gasteiger partial charge in [0.1, 0.15) is 0 Å². The van der Waals surface area contributed by atoms with Gasteiger partial charge in [0.2, 0.25) is 0 Å². The Hall–Kier alpha value is -0.863. The molecule has 0 amide bonds. The molecule has 1 rings (SSSR count). The zero-order chi connectivity index (χ0) is 9.68. The molecule has 2 radical (unpaired) electrons. The largest absolute Gasteiger partial charge is 0.409 e. The smallest absolute Gasteiger partial charge is 0.269 e. The summed E-state index contributed by atoms with van der Waals surface area (Å²) in [6.45, 7) is 7.80. The number of hydrogen-bond donors (Lipinski definition) is 0. The Bertz CT molecular complexity index is 264. The third kappa shape index (κ3) is 3.57. The van der Waals surface area contributed by atoms with Crippen molar-refractivity contribution in [3.63, 3.8) is 0 Å². The van der Waals surface area contributed by atoms with E-state index in [1.807, 2.05) is 19.9 Å². The van der Waals surface area contributed by atoms with E-state index in [-0.39, 0.29) is 0 Å². The second kappa shape index (κ2) is 4.99. The molecule has 0 unspecified atom stereocenters. The maximum atomic E-state index is 5.50. The molecular formula is C11H14OSi. The first-order valence-corrected chi connectivity index (χ1v) is 5.27. The van der Waals surface area contributed by atoms with E-state index in [0.717, 1.165) is 5.56 Å². The lowest BCUT2D eigenvalue weighted by molar-refractivity contribution is 0.260. The summed E-state index contributed by atoms with van der Waals surface area (Å²) >= 11 is 0. The van der Waals surface area contributed by atoms with Gasteiger partial charge in [-0.15, -0.1) is 0 Å². The quantitative estimate of drug-likeness (QED) is 0.660. The van der Waals surface area contributed by atoms with Gasteiger partial charge in [-0.05, 0) is 24.6 Å². The summed E-state index contributed by atoms with van der Waals surface area (Å²) in [7, 11) is 0.448. The minimum absolute atomic E-state index is 0.303. The van der Waals surface area contributed by atoms with E-state index in [9.17, 15) is 0 Å². The van der Waals surface area contributed by atoms with E-state index < -0.39 is 0 Å². The topological polar surface area (TPSA) is 9.23 Å². The van der Waals surface area contributed by atoms with E-state index in [1.165, 1.54) is 5.19 Å². The fourth-order valence-corrected chi connectivity index (χ4v) is 1.55. The number of benzene rings is 1. The molecule has 0 N–H and O–H groups in total. The first kappa shape index (κ1) is 10.2. The molecule has 2 heteroatoms. The second-order valence-corrected chi connectivity index (χ2v) is 4.11. The van der Waals surface area contributed by atoms with Gasteiger partial charge in [-0.2, -0.15) is 0 Å². The molecule has 0 atom stereocenters. The molecule has 1 aromatic carbocycles. The van der Waals surface area contributed by atoms with Crippen molar-refractivity contribution in [3.8, 4) is 0 Å². The van der Waals surface area contributed by atoms with Crippen LogP contribution >= 0.6 is 0 Å². The van der Waals surface area contributed by atoms with Gasteiger partial charge in [-0.1, -0.05) is 36.9 Å². The van der Waals surface area contributed by atoms with Crippen molar-refractivity contribution < 1.29 is 4.43 Å². The summed E-state index contributed by atoms with van der Waals surface area (Å²) in [6.07, 6.45) is 2.15. The summed E-state index contributed by atoms with van der Waals surface area (Å²) in [5.41, 5.74) is 1.15. The van der Waals surface area contributed by atoms with E-state index in [2.05, 4.69) is 30.8 Å². The van der Waals surface area contributed by atoms with Gasteiger partial charge in [0, 0.05) is 6.10 Å². The lowest BCUT2D eigenvalue weighted by Gasteiger charge is -2.05. The summed E-state index contributed by atoms with van der Waals surface area (Å²) in [4.78, 5) is 0. The van der Waals surface area contributed by atoms with Crippen LogP contribution in [0, 0.1) is 0 Å². The third-order valence-corrected chi connectivity index (χ3v) is 2.72. The summed E-state index contributed by atoms with van der Waals surface area (Å²) in [5, 5.41) is 1.24. The van der Waals surface area contributed by atoms with Crippen molar-refractivity contribution in [2.24, 2.45) is 0 Å². The zero-order valence-corrected chi connectivity index (χ0v) is 9.08. The number of rotatable bonds is 4. The average molecular weight is 190 g/mol. The van der Waals surface area contributed by atoms with Crippen molar-refractivity contribution >= 4 is 21.0 Å². The molecule has 0 heterocycles. The van der Waals surface area contributed by atoms with Crippen molar-refractivity contribution in [3.05, 3.63) is 36.4 Å². The first-order valence-electron chi connectivity index (χ1n) is 4.36. The van der Waals surface area contributed by atoms with Crippen LogP contribution in [0.4, 0.5) is 0 Å². The highest BCUT2D eigenvalue weighted by molar-refractivity contribution is 6.46. The molecule has 1 aromatic rings. The Morgan fingerprint density at radius 3 is 2.38 bits per heavy atom. The van der Waals surface area contributed by atoms with E-state index >= 15 is 0 Å². The van der Waals surface area contributed by atoms with Gasteiger partial charge < -0.3 is 4.43 Å². The summed E-state index contributed by atoms with van der Waals surface area (Å²) in [6, 6.07) is 8.27. The van der Waals surface area contributed by atoms with Crippen LogP contribution in [-0.4, -0.2) is 15.9 Å². The van der Waals surface area contributed by atoms with Crippen LogP contribution in [0.25, 0.3) is 6.08 Å². The highest BCUT2D eigenvalue weighted by atomic mass is 28.2. The Morgan fingerprint density at radius 2 is 1.92 bits per heavy atom. The van der Waals surface area contributed by atoms with Crippen molar-refractivity contribution in [2.45, 2.75) is 20.0 Å². The van der Waals surface area contributed by atoms with Crippen molar-refractivity contribution in [1.29, 1.82) is 0 Å². The lowest BCUT2D eigenvalue weighted by atomic mass is 10.2. The maximum absolute atomic E-state index is 5.50. The van der Waals surface area contributed by atoms with Crippen LogP contribution in [0.3, 0.4) is 0 Å². The highest BCUT2D eigenvalue weighted by Crippen LogP contribution is 1.97. The van der Waals surface area contributed by atoms with Crippen LogP contribution in [0.15, 0.2) is 30.8 Å². The first-order chi connectivity index (χ1) is 6.22. The molecule has 13 heavy (non-hydrogen) atoms. The predicted octanol–water partition coefficient (Wildman–Crippen LogP) is 2.00. The number of hydrogen-bond acceptors (Lipinski definition) is 1. The molecule has 0 fully saturated rings. The zero-order valence-electron chi connectivity index (χ0n) is 8.08. The molecule has 0 aliphatic rings. The molecule has 0 spiro atoms. The third-order valence-electron chi connectivity index (χ3n) is 1.56. The normalized spacial score (nSPS) is 10.4. The van der Waals surface area contributed by atoms with Gasteiger partial charge in [0.05, 0.1) is 0 Å². The SMILES string of the molecule is C=Cc1ccc([Si]OC(C)C)cc1. The molecule has 0 saturated heterocycles. The van der Waals surface area contributed by atoms with E-state index in [4.69, 9.17) is 4.43 Å². The Labute approximate surface area is 82.4 Å². The predicted molar refractivity (Wildman–Crippen MR) is 58.1 cm³/mol. The average Bonchev–Trinajstić information content (AvgIpc) is 2.15. The van der Waals surface area contributed by atoms with Gasteiger partial charge in [-0.3, -0.25) is 0 Å². The van der Waals surface area contributed by atoms with Crippen molar-refractivity contribution in [1.82, 2.24) is 0 Å². The van der Waals surface area contributed by atoms with Gasteiger partial charge >= 0.3 is 0 Å². The van der Waals surface area contributed by atoms with E-state index in [0.29, 0.717) is 15.9 Å². The molecule has 68 valence electrons. The van der Waals surface area contributed by atoms with Gasteiger partial charge in [0.15, 0.2) is 0 Å². The van der Waals surface area contributed by atoms with Gasteiger partial charge in [-0.25, -0.2) is 0 Å². The van der Waals surface area contributed by atoms with Crippen LogP contribution in [0.5, 0.6) is 0 Å². The fraction of sp³-hybridized carbons (Fsp3) is 0.273. The minimum atomic E-state index is 0.303. The van der Waals surface area contributed by atoms with Crippen LogP contribution < -0.4 is 5.19 Å². The molecule has 0 bridgehead atoms. The lowest BCUT2D eigenvalue weighted by Crippen LogP contribution is -2.20. The van der Waals surface area contributed by atoms with Crippen LogP contribution in [-0.2, 0) is 4.43 Å². The van der Waals surface area contributed by atoms with Crippen molar-refractivity contribution in [2.75, 3.05) is 0 Å². The standard InChI is InChI=1S/C11H14OSi/c1-4-10-5-7-11(8-6-10)13-12-9(2)3/h4-9H,1H2,2-3H3. The van der Waals surface area contributed by atoms with Crippen LogP contribution in [0.2, 0.25) is 0 Å². The molecule has 0 aliphatic heterocycles. The Kier molecular flexibility index (Phi) is 3.93.